The Hall–Kier alpha value is -2.25. The standard InChI is InChI=1S/C17H15ClF3NO3/c18-13-5-6-15(23)14(7-13)16(24)22-8-11-1-3-12(4-2-11)9-25-10-17(19,20)21/h1-7,23H,8-10H2,(H,22,24). The molecule has 0 fully saturated rings. The van der Waals surface area contributed by atoms with Crippen LogP contribution in [-0.4, -0.2) is 23.8 Å². The molecule has 2 aromatic rings. The van der Waals surface area contributed by atoms with Gasteiger partial charge in [0, 0.05) is 11.6 Å². The maximum Gasteiger partial charge on any atom is 0.411 e. The number of phenolic OH excluding ortho intramolecular Hbond substituents is 1. The van der Waals surface area contributed by atoms with E-state index in [2.05, 4.69) is 10.1 Å². The minimum Gasteiger partial charge on any atom is -0.507 e. The number of alkyl halides is 3. The predicted molar refractivity (Wildman–Crippen MR) is 86.4 cm³/mol. The zero-order valence-corrected chi connectivity index (χ0v) is 13.7. The van der Waals surface area contributed by atoms with Gasteiger partial charge in [0.05, 0.1) is 12.2 Å². The van der Waals surface area contributed by atoms with Crippen LogP contribution in [0.1, 0.15) is 21.5 Å². The second-order valence-electron chi connectivity index (χ2n) is 5.27. The van der Waals surface area contributed by atoms with Crippen LogP contribution in [-0.2, 0) is 17.9 Å². The minimum atomic E-state index is -4.35. The second-order valence-corrected chi connectivity index (χ2v) is 5.71. The molecule has 25 heavy (non-hydrogen) atoms. The van der Waals surface area contributed by atoms with Crippen LogP contribution in [0.25, 0.3) is 0 Å². The van der Waals surface area contributed by atoms with Crippen molar-refractivity contribution in [2.75, 3.05) is 6.61 Å². The van der Waals surface area contributed by atoms with E-state index in [-0.39, 0.29) is 24.5 Å². The van der Waals surface area contributed by atoms with Crippen LogP contribution in [0.4, 0.5) is 13.2 Å². The van der Waals surface area contributed by atoms with E-state index in [4.69, 9.17) is 11.6 Å². The summed E-state index contributed by atoms with van der Waals surface area (Å²) in [4.78, 5) is 12.0. The molecule has 0 atom stereocenters. The lowest BCUT2D eigenvalue weighted by Crippen LogP contribution is -2.22. The van der Waals surface area contributed by atoms with E-state index in [1.165, 1.54) is 18.2 Å². The third-order valence-electron chi connectivity index (χ3n) is 3.21. The van der Waals surface area contributed by atoms with Crippen molar-refractivity contribution in [3.05, 3.63) is 64.2 Å². The van der Waals surface area contributed by atoms with Crippen LogP contribution in [0.5, 0.6) is 5.75 Å². The number of halogens is 4. The van der Waals surface area contributed by atoms with Gasteiger partial charge < -0.3 is 15.2 Å². The van der Waals surface area contributed by atoms with Crippen LogP contribution >= 0.6 is 11.6 Å². The van der Waals surface area contributed by atoms with Gasteiger partial charge in [-0.05, 0) is 29.3 Å². The summed E-state index contributed by atoms with van der Waals surface area (Å²) in [5.74, 6) is -0.670. The summed E-state index contributed by atoms with van der Waals surface area (Å²) in [6, 6.07) is 10.7. The molecular weight excluding hydrogens is 359 g/mol. The first-order valence-electron chi connectivity index (χ1n) is 7.23. The molecule has 4 nitrogen and oxygen atoms in total. The van der Waals surface area contributed by atoms with Crippen molar-refractivity contribution >= 4 is 17.5 Å². The van der Waals surface area contributed by atoms with Gasteiger partial charge in [-0.3, -0.25) is 4.79 Å². The predicted octanol–water partition coefficient (Wildman–Crippen LogP) is 4.05. The fourth-order valence-electron chi connectivity index (χ4n) is 2.01. The number of amides is 1. The van der Waals surface area contributed by atoms with Crippen LogP contribution in [0, 0.1) is 0 Å². The minimum absolute atomic E-state index is 0.0599. The third kappa shape index (κ3) is 6.28. The number of hydrogen-bond donors (Lipinski definition) is 2. The highest BCUT2D eigenvalue weighted by molar-refractivity contribution is 6.31. The molecule has 0 aliphatic heterocycles. The molecular formula is C17H15ClF3NO3. The maximum atomic E-state index is 12.0. The molecule has 0 heterocycles. The van der Waals surface area contributed by atoms with Crippen molar-refractivity contribution < 1.29 is 27.8 Å². The van der Waals surface area contributed by atoms with Gasteiger partial charge in [-0.1, -0.05) is 35.9 Å². The number of carbonyl (C=O) groups excluding carboxylic acids is 1. The first kappa shape index (κ1) is 19.1. The Labute approximate surface area is 147 Å². The van der Waals surface area contributed by atoms with Crippen molar-refractivity contribution in [2.24, 2.45) is 0 Å². The Morgan fingerprint density at radius 2 is 1.76 bits per heavy atom. The Morgan fingerprint density at radius 1 is 1.12 bits per heavy atom. The summed E-state index contributed by atoms with van der Waals surface area (Å²) >= 11 is 5.79. The van der Waals surface area contributed by atoms with Crippen molar-refractivity contribution in [3.8, 4) is 5.75 Å². The topological polar surface area (TPSA) is 58.6 Å². The number of ether oxygens (including phenoxy) is 1. The number of benzene rings is 2. The molecule has 0 spiro atoms. The lowest BCUT2D eigenvalue weighted by atomic mass is 10.1. The molecule has 0 aliphatic rings. The second kappa shape index (κ2) is 8.22. The van der Waals surface area contributed by atoms with E-state index in [0.717, 1.165) is 5.56 Å². The molecule has 0 radical (unpaired) electrons. The fraction of sp³-hybridized carbons (Fsp3) is 0.235. The monoisotopic (exact) mass is 373 g/mol. The number of phenols is 1. The van der Waals surface area contributed by atoms with Crippen LogP contribution in [0.3, 0.4) is 0 Å². The molecule has 0 aromatic heterocycles. The zero-order chi connectivity index (χ0) is 18.4. The normalized spacial score (nSPS) is 11.4. The highest BCUT2D eigenvalue weighted by Gasteiger charge is 2.27. The van der Waals surface area contributed by atoms with Crippen molar-refractivity contribution in [3.63, 3.8) is 0 Å². The molecule has 0 unspecified atom stereocenters. The summed E-state index contributed by atoms with van der Waals surface area (Å²) in [6.45, 7) is -1.26. The fourth-order valence-corrected chi connectivity index (χ4v) is 2.18. The Morgan fingerprint density at radius 3 is 2.40 bits per heavy atom. The van der Waals surface area contributed by atoms with E-state index >= 15 is 0 Å². The molecule has 0 saturated carbocycles. The highest BCUT2D eigenvalue weighted by Crippen LogP contribution is 2.21. The summed E-state index contributed by atoms with van der Waals surface area (Å²) in [5.41, 5.74) is 1.39. The van der Waals surface area contributed by atoms with E-state index in [1.807, 2.05) is 0 Å². The maximum absolute atomic E-state index is 12.0. The first-order chi connectivity index (χ1) is 11.7. The van der Waals surface area contributed by atoms with Gasteiger partial charge in [0.15, 0.2) is 0 Å². The third-order valence-corrected chi connectivity index (χ3v) is 3.45. The Balaban J connectivity index is 1.87. The summed E-state index contributed by atoms with van der Waals surface area (Å²) in [7, 11) is 0. The first-order valence-corrected chi connectivity index (χ1v) is 7.61. The van der Waals surface area contributed by atoms with Crippen molar-refractivity contribution in [2.45, 2.75) is 19.3 Å². The van der Waals surface area contributed by atoms with E-state index in [1.54, 1.807) is 24.3 Å². The van der Waals surface area contributed by atoms with Crippen LogP contribution < -0.4 is 5.32 Å². The average Bonchev–Trinajstić information content (AvgIpc) is 2.55. The van der Waals surface area contributed by atoms with Gasteiger partial charge in [0.25, 0.3) is 5.91 Å². The highest BCUT2D eigenvalue weighted by atomic mass is 35.5. The SMILES string of the molecule is O=C(NCc1ccc(COCC(F)(F)F)cc1)c1cc(Cl)ccc1O. The molecule has 2 N–H and O–H groups in total. The van der Waals surface area contributed by atoms with E-state index in [0.29, 0.717) is 10.6 Å². The van der Waals surface area contributed by atoms with Gasteiger partial charge in [0.1, 0.15) is 12.4 Å². The summed E-state index contributed by atoms with van der Waals surface area (Å²) in [5, 5.41) is 12.6. The van der Waals surface area contributed by atoms with Crippen LogP contribution in [0.15, 0.2) is 42.5 Å². The molecule has 8 heteroatoms. The molecule has 0 bridgehead atoms. The van der Waals surface area contributed by atoms with Crippen molar-refractivity contribution in [1.29, 1.82) is 0 Å². The van der Waals surface area contributed by atoms with Crippen molar-refractivity contribution in [1.82, 2.24) is 5.32 Å². The summed E-state index contributed by atoms with van der Waals surface area (Å²) < 4.78 is 40.6. The van der Waals surface area contributed by atoms with Gasteiger partial charge in [-0.15, -0.1) is 0 Å². The quantitative estimate of drug-likeness (QED) is 0.803. The summed E-state index contributed by atoms with van der Waals surface area (Å²) in [6.07, 6.45) is -4.35. The lowest BCUT2D eigenvalue weighted by Gasteiger charge is -2.09. The number of aromatic hydroxyl groups is 1. The molecule has 1 amide bonds. The Bertz CT molecular complexity index is 733. The number of carbonyl (C=O) groups is 1. The van der Waals surface area contributed by atoms with Gasteiger partial charge in [-0.25, -0.2) is 0 Å². The lowest BCUT2D eigenvalue weighted by molar-refractivity contribution is -0.176. The average molecular weight is 374 g/mol. The molecule has 0 saturated heterocycles. The van der Waals surface area contributed by atoms with Crippen LogP contribution in [0.2, 0.25) is 5.02 Å². The Kier molecular flexibility index (Phi) is 6.27. The molecule has 2 aromatic carbocycles. The molecule has 2 rings (SSSR count). The number of nitrogens with one attached hydrogen (secondary N) is 1. The van der Waals surface area contributed by atoms with Gasteiger partial charge >= 0.3 is 6.18 Å². The number of hydrogen-bond acceptors (Lipinski definition) is 3. The van der Waals surface area contributed by atoms with E-state index < -0.39 is 18.7 Å². The smallest absolute Gasteiger partial charge is 0.411 e. The van der Waals surface area contributed by atoms with Gasteiger partial charge in [0.2, 0.25) is 0 Å². The molecule has 134 valence electrons. The largest absolute Gasteiger partial charge is 0.507 e. The zero-order valence-electron chi connectivity index (χ0n) is 12.9. The molecule has 0 aliphatic carbocycles. The number of rotatable bonds is 6. The van der Waals surface area contributed by atoms with E-state index in [9.17, 15) is 23.1 Å². The van der Waals surface area contributed by atoms with Gasteiger partial charge in [-0.2, -0.15) is 13.2 Å².